The molecule has 0 spiro atoms. The minimum atomic E-state index is -0.931. The van der Waals surface area contributed by atoms with E-state index in [1.54, 1.807) is 4.90 Å². The molecule has 74 valence electrons. The minimum absolute atomic E-state index is 0.0324. The highest BCUT2D eigenvalue weighted by Gasteiger charge is 2.21. The van der Waals surface area contributed by atoms with E-state index < -0.39 is 6.09 Å². The van der Waals surface area contributed by atoms with Crippen LogP contribution in [0.4, 0.5) is 4.79 Å². The lowest BCUT2D eigenvalue weighted by Crippen LogP contribution is -2.52. The molecule has 1 aliphatic heterocycles. The fourth-order valence-electron chi connectivity index (χ4n) is 1.19. The second kappa shape index (κ2) is 3.83. The average molecular weight is 188 g/mol. The van der Waals surface area contributed by atoms with Gasteiger partial charge in [0.1, 0.15) is 0 Å². The first-order chi connectivity index (χ1) is 6.15. The molecule has 1 amide bonds. The molecule has 0 aromatic carbocycles. The van der Waals surface area contributed by atoms with Gasteiger partial charge in [0.15, 0.2) is 0 Å². The van der Waals surface area contributed by atoms with Gasteiger partial charge < -0.3 is 25.8 Å². The smallest absolute Gasteiger partial charge is 0.407 e. The SMILES string of the molecule is NC(=NO)N1CCN(C(=O)O)CC1. The second-order valence-corrected chi connectivity index (χ2v) is 2.71. The molecular formula is C6H12N4O3. The topological polar surface area (TPSA) is 102 Å². The molecule has 0 unspecified atom stereocenters. The molecule has 0 radical (unpaired) electrons. The maximum Gasteiger partial charge on any atom is 0.407 e. The fraction of sp³-hybridized carbons (Fsp3) is 0.667. The second-order valence-electron chi connectivity index (χ2n) is 2.71. The quantitative estimate of drug-likeness (QED) is 0.195. The van der Waals surface area contributed by atoms with E-state index in [0.29, 0.717) is 26.2 Å². The molecule has 1 rings (SSSR count). The third-order valence-electron chi connectivity index (χ3n) is 1.98. The predicted molar refractivity (Wildman–Crippen MR) is 44.6 cm³/mol. The zero-order chi connectivity index (χ0) is 9.84. The van der Waals surface area contributed by atoms with Gasteiger partial charge in [0.25, 0.3) is 0 Å². The molecule has 1 heterocycles. The van der Waals surface area contributed by atoms with Crippen molar-refractivity contribution in [3.8, 4) is 0 Å². The third-order valence-corrected chi connectivity index (χ3v) is 1.98. The molecule has 13 heavy (non-hydrogen) atoms. The Balaban J connectivity index is 2.43. The Bertz CT molecular complexity index is 222. The summed E-state index contributed by atoms with van der Waals surface area (Å²) in [6, 6.07) is 0. The van der Waals surface area contributed by atoms with Gasteiger partial charge in [0.2, 0.25) is 5.96 Å². The molecule has 0 atom stereocenters. The number of nitrogens with two attached hydrogens (primary N) is 1. The monoisotopic (exact) mass is 188 g/mol. The first kappa shape index (κ1) is 9.43. The van der Waals surface area contributed by atoms with Gasteiger partial charge in [-0.2, -0.15) is 0 Å². The summed E-state index contributed by atoms with van der Waals surface area (Å²) in [5.74, 6) is 0.0324. The molecule has 7 heteroatoms. The maximum absolute atomic E-state index is 10.5. The Kier molecular flexibility index (Phi) is 2.78. The number of hydrogen-bond acceptors (Lipinski definition) is 3. The number of hydrogen-bond donors (Lipinski definition) is 3. The molecule has 1 fully saturated rings. The highest BCUT2D eigenvalue weighted by Crippen LogP contribution is 2.00. The van der Waals surface area contributed by atoms with Crippen LogP contribution in [0.25, 0.3) is 0 Å². The first-order valence-electron chi connectivity index (χ1n) is 3.85. The summed E-state index contributed by atoms with van der Waals surface area (Å²) in [5.41, 5.74) is 5.33. The molecule has 0 bridgehead atoms. The Morgan fingerprint density at radius 3 is 2.08 bits per heavy atom. The maximum atomic E-state index is 10.5. The Morgan fingerprint density at radius 2 is 1.69 bits per heavy atom. The van der Waals surface area contributed by atoms with Crippen LogP contribution in [0.2, 0.25) is 0 Å². The number of piperazine rings is 1. The number of oxime groups is 1. The molecule has 1 saturated heterocycles. The van der Waals surface area contributed by atoms with E-state index in [1.807, 2.05) is 0 Å². The number of rotatable bonds is 0. The van der Waals surface area contributed by atoms with Crippen molar-refractivity contribution in [2.75, 3.05) is 26.2 Å². The van der Waals surface area contributed by atoms with Gasteiger partial charge in [-0.25, -0.2) is 4.79 Å². The lowest BCUT2D eigenvalue weighted by molar-refractivity contribution is 0.123. The van der Waals surface area contributed by atoms with Crippen molar-refractivity contribution in [2.45, 2.75) is 0 Å². The van der Waals surface area contributed by atoms with Crippen molar-refractivity contribution < 1.29 is 15.1 Å². The average Bonchev–Trinajstić information content (AvgIpc) is 2.17. The van der Waals surface area contributed by atoms with Crippen LogP contribution < -0.4 is 5.73 Å². The van der Waals surface area contributed by atoms with Crippen molar-refractivity contribution in [1.29, 1.82) is 0 Å². The zero-order valence-electron chi connectivity index (χ0n) is 7.05. The molecular weight excluding hydrogens is 176 g/mol. The predicted octanol–water partition coefficient (Wildman–Crippen LogP) is -1.01. The third kappa shape index (κ3) is 2.14. The number of nitrogens with zero attached hydrogens (tertiary/aromatic N) is 3. The Hall–Kier alpha value is -1.66. The zero-order valence-corrected chi connectivity index (χ0v) is 7.05. The summed E-state index contributed by atoms with van der Waals surface area (Å²) in [4.78, 5) is 13.4. The van der Waals surface area contributed by atoms with Crippen molar-refractivity contribution in [1.82, 2.24) is 9.80 Å². The normalized spacial score (nSPS) is 18.9. The highest BCUT2D eigenvalue weighted by molar-refractivity contribution is 5.77. The van der Waals surface area contributed by atoms with Crippen molar-refractivity contribution in [3.05, 3.63) is 0 Å². The van der Waals surface area contributed by atoms with Gasteiger partial charge >= 0.3 is 6.09 Å². The molecule has 0 aliphatic carbocycles. The van der Waals surface area contributed by atoms with Crippen LogP contribution in [-0.4, -0.2) is 58.3 Å². The van der Waals surface area contributed by atoms with E-state index in [-0.39, 0.29) is 5.96 Å². The lowest BCUT2D eigenvalue weighted by Gasteiger charge is -2.32. The van der Waals surface area contributed by atoms with Crippen LogP contribution in [0.1, 0.15) is 0 Å². The molecule has 0 aromatic rings. The van der Waals surface area contributed by atoms with Crippen molar-refractivity contribution in [2.24, 2.45) is 10.9 Å². The van der Waals surface area contributed by atoms with Gasteiger partial charge in [-0.05, 0) is 0 Å². The van der Waals surface area contributed by atoms with Crippen molar-refractivity contribution >= 4 is 12.1 Å². The number of carbonyl (C=O) groups is 1. The summed E-state index contributed by atoms with van der Waals surface area (Å²) in [5, 5.41) is 19.8. The summed E-state index contributed by atoms with van der Waals surface area (Å²) in [6.07, 6.45) is -0.931. The van der Waals surface area contributed by atoms with E-state index in [1.165, 1.54) is 4.90 Å². The first-order valence-corrected chi connectivity index (χ1v) is 3.85. The van der Waals surface area contributed by atoms with Gasteiger partial charge in [-0.3, -0.25) is 0 Å². The summed E-state index contributed by atoms with van der Waals surface area (Å²) in [6.45, 7) is 1.68. The van der Waals surface area contributed by atoms with E-state index in [2.05, 4.69) is 5.16 Å². The van der Waals surface area contributed by atoms with E-state index in [4.69, 9.17) is 16.0 Å². The molecule has 0 aromatic heterocycles. The standard InChI is InChI=1S/C6H12N4O3/c7-5(8-13)9-1-3-10(4-2-9)6(11)12/h13H,1-4H2,(H2,7,8)(H,11,12). The summed E-state index contributed by atoms with van der Waals surface area (Å²) >= 11 is 0. The van der Waals surface area contributed by atoms with Gasteiger partial charge in [-0.15, -0.1) is 0 Å². The van der Waals surface area contributed by atoms with Crippen LogP contribution in [0.5, 0.6) is 0 Å². The largest absolute Gasteiger partial charge is 0.465 e. The Labute approximate surface area is 75.0 Å². The summed E-state index contributed by atoms with van der Waals surface area (Å²) in [7, 11) is 0. The van der Waals surface area contributed by atoms with E-state index in [9.17, 15) is 4.79 Å². The van der Waals surface area contributed by atoms with Gasteiger partial charge in [0, 0.05) is 26.2 Å². The summed E-state index contributed by atoms with van der Waals surface area (Å²) < 4.78 is 0. The molecule has 4 N–H and O–H groups in total. The number of amides is 1. The van der Waals surface area contributed by atoms with Crippen LogP contribution >= 0.6 is 0 Å². The van der Waals surface area contributed by atoms with Crippen LogP contribution in [-0.2, 0) is 0 Å². The van der Waals surface area contributed by atoms with Crippen molar-refractivity contribution in [3.63, 3.8) is 0 Å². The fourth-order valence-corrected chi connectivity index (χ4v) is 1.19. The molecule has 1 aliphatic rings. The van der Waals surface area contributed by atoms with Crippen LogP contribution in [0.15, 0.2) is 5.16 Å². The minimum Gasteiger partial charge on any atom is -0.465 e. The number of carboxylic acid groups (broad SMARTS) is 1. The van der Waals surface area contributed by atoms with Gasteiger partial charge in [0.05, 0.1) is 0 Å². The Morgan fingerprint density at radius 1 is 1.23 bits per heavy atom. The van der Waals surface area contributed by atoms with Crippen LogP contribution in [0.3, 0.4) is 0 Å². The van der Waals surface area contributed by atoms with Crippen LogP contribution in [0, 0.1) is 0 Å². The van der Waals surface area contributed by atoms with E-state index in [0.717, 1.165) is 0 Å². The molecule has 0 saturated carbocycles. The molecule has 7 nitrogen and oxygen atoms in total. The highest BCUT2D eigenvalue weighted by atomic mass is 16.4. The lowest BCUT2D eigenvalue weighted by atomic mass is 10.3. The number of guanidine groups is 1. The van der Waals surface area contributed by atoms with Gasteiger partial charge in [-0.1, -0.05) is 5.16 Å². The van der Waals surface area contributed by atoms with E-state index >= 15 is 0 Å².